The van der Waals surface area contributed by atoms with E-state index >= 15 is 0 Å². The number of piperidine rings is 1. The van der Waals surface area contributed by atoms with E-state index in [-0.39, 0.29) is 6.04 Å². The molecule has 0 aliphatic carbocycles. The average molecular weight is 375 g/mol. The maximum atomic E-state index is 11.3. The van der Waals surface area contributed by atoms with Gasteiger partial charge in [0.1, 0.15) is 12.4 Å². The average Bonchev–Trinajstić information content (AvgIpc) is 2.62. The smallest absolute Gasteiger partial charge is 0.208 e. The summed E-state index contributed by atoms with van der Waals surface area (Å²) < 4.78 is 31.1. The Kier molecular flexibility index (Phi) is 6.24. The van der Waals surface area contributed by atoms with Gasteiger partial charge >= 0.3 is 0 Å². The molecule has 0 saturated carbocycles. The molecule has 26 heavy (non-hydrogen) atoms. The third-order valence-electron chi connectivity index (χ3n) is 4.41. The predicted molar refractivity (Wildman–Crippen MR) is 101 cm³/mol. The Morgan fingerprint density at radius 1 is 1.15 bits per heavy atom. The Bertz CT molecular complexity index is 787. The second-order valence-corrected chi connectivity index (χ2v) is 8.47. The molecule has 0 amide bonds. The summed E-state index contributed by atoms with van der Waals surface area (Å²) in [6.45, 7) is 3.11. The van der Waals surface area contributed by atoms with Gasteiger partial charge in [-0.25, -0.2) is 13.1 Å². The van der Waals surface area contributed by atoms with Crippen molar-refractivity contribution in [2.24, 2.45) is 0 Å². The molecule has 3 rings (SSSR count). The number of sulfonamides is 1. The molecule has 140 valence electrons. The topological polar surface area (TPSA) is 71.5 Å². The van der Waals surface area contributed by atoms with Crippen LogP contribution in [-0.4, -0.2) is 43.7 Å². The standard InChI is InChI=1S/C19H25N3O3S/c1-26(23,24)21-17-9-12-22(13-10-17)14-16-5-7-19(8-6-16)25-15-18-4-2-3-11-20-18/h2-8,11,17,21H,9-10,12-15H2,1H3. The van der Waals surface area contributed by atoms with Crippen molar-refractivity contribution in [1.29, 1.82) is 0 Å². The first-order valence-electron chi connectivity index (χ1n) is 8.79. The van der Waals surface area contributed by atoms with Crippen molar-refractivity contribution < 1.29 is 13.2 Å². The summed E-state index contributed by atoms with van der Waals surface area (Å²) in [5.41, 5.74) is 2.13. The number of likely N-dealkylation sites (tertiary alicyclic amines) is 1. The van der Waals surface area contributed by atoms with Crippen LogP contribution in [0.3, 0.4) is 0 Å². The fourth-order valence-electron chi connectivity index (χ4n) is 3.10. The highest BCUT2D eigenvalue weighted by molar-refractivity contribution is 7.88. The van der Waals surface area contributed by atoms with Gasteiger partial charge < -0.3 is 4.74 Å². The summed E-state index contributed by atoms with van der Waals surface area (Å²) in [6, 6.07) is 14.0. The molecule has 1 aromatic carbocycles. The molecule has 1 aliphatic heterocycles. The van der Waals surface area contributed by atoms with Crippen molar-refractivity contribution in [3.8, 4) is 5.75 Å². The molecule has 2 aromatic rings. The molecule has 1 fully saturated rings. The molecule has 0 spiro atoms. The Balaban J connectivity index is 1.45. The Labute approximate surface area is 155 Å². The zero-order valence-corrected chi connectivity index (χ0v) is 15.8. The quantitative estimate of drug-likeness (QED) is 0.803. The number of hydrogen-bond donors (Lipinski definition) is 1. The molecule has 1 N–H and O–H groups in total. The monoisotopic (exact) mass is 375 g/mol. The number of hydrogen-bond acceptors (Lipinski definition) is 5. The van der Waals surface area contributed by atoms with E-state index in [4.69, 9.17) is 4.74 Å². The highest BCUT2D eigenvalue weighted by atomic mass is 32.2. The number of pyridine rings is 1. The maximum absolute atomic E-state index is 11.3. The van der Waals surface area contributed by atoms with Gasteiger partial charge in [0, 0.05) is 31.9 Å². The Hall–Kier alpha value is -1.96. The number of rotatable bonds is 7. The molecule has 0 bridgehead atoms. The van der Waals surface area contributed by atoms with Crippen molar-refractivity contribution in [1.82, 2.24) is 14.6 Å². The van der Waals surface area contributed by atoms with Crippen LogP contribution in [-0.2, 0) is 23.2 Å². The van der Waals surface area contributed by atoms with E-state index in [2.05, 4.69) is 26.7 Å². The van der Waals surface area contributed by atoms with E-state index in [1.54, 1.807) is 6.20 Å². The molecule has 7 heteroatoms. The fourth-order valence-corrected chi connectivity index (χ4v) is 3.94. The predicted octanol–water partition coefficient (Wildman–Crippen LogP) is 2.17. The third-order valence-corrected chi connectivity index (χ3v) is 5.17. The lowest BCUT2D eigenvalue weighted by molar-refractivity contribution is 0.200. The van der Waals surface area contributed by atoms with Gasteiger partial charge in [-0.2, -0.15) is 0 Å². The number of nitrogens with one attached hydrogen (secondary N) is 1. The van der Waals surface area contributed by atoms with Gasteiger partial charge in [0.15, 0.2) is 0 Å². The number of ether oxygens (including phenoxy) is 1. The van der Waals surface area contributed by atoms with Crippen LogP contribution in [0.15, 0.2) is 48.7 Å². The fraction of sp³-hybridized carbons (Fsp3) is 0.421. The van der Waals surface area contributed by atoms with E-state index in [0.29, 0.717) is 6.61 Å². The first-order valence-corrected chi connectivity index (χ1v) is 10.7. The minimum Gasteiger partial charge on any atom is -0.487 e. The van der Waals surface area contributed by atoms with Gasteiger partial charge in [0.2, 0.25) is 10.0 Å². The van der Waals surface area contributed by atoms with Gasteiger partial charge in [-0.15, -0.1) is 0 Å². The summed E-state index contributed by atoms with van der Waals surface area (Å²) in [4.78, 5) is 6.59. The van der Waals surface area contributed by atoms with E-state index in [0.717, 1.165) is 43.9 Å². The minimum atomic E-state index is -3.12. The molecule has 2 heterocycles. The summed E-state index contributed by atoms with van der Waals surface area (Å²) in [7, 11) is -3.12. The highest BCUT2D eigenvalue weighted by Gasteiger charge is 2.21. The van der Waals surface area contributed by atoms with Crippen molar-refractivity contribution >= 4 is 10.0 Å². The lowest BCUT2D eigenvalue weighted by atomic mass is 10.1. The second-order valence-electron chi connectivity index (χ2n) is 6.69. The van der Waals surface area contributed by atoms with Crippen LogP contribution in [0.1, 0.15) is 24.1 Å². The van der Waals surface area contributed by atoms with Gasteiger partial charge in [-0.1, -0.05) is 18.2 Å². The number of benzene rings is 1. The molecule has 1 aliphatic rings. The van der Waals surface area contributed by atoms with Crippen molar-refractivity contribution in [2.45, 2.75) is 32.0 Å². The Morgan fingerprint density at radius 2 is 1.88 bits per heavy atom. The summed E-state index contributed by atoms with van der Waals surface area (Å²) in [6.07, 6.45) is 4.67. The summed E-state index contributed by atoms with van der Waals surface area (Å²) in [5.74, 6) is 0.829. The normalized spacial score (nSPS) is 16.5. The van der Waals surface area contributed by atoms with Crippen LogP contribution in [0.5, 0.6) is 5.75 Å². The highest BCUT2D eigenvalue weighted by Crippen LogP contribution is 2.18. The van der Waals surface area contributed by atoms with Crippen LogP contribution in [0.25, 0.3) is 0 Å². The van der Waals surface area contributed by atoms with Crippen molar-refractivity contribution in [3.63, 3.8) is 0 Å². The van der Waals surface area contributed by atoms with Crippen LogP contribution in [0, 0.1) is 0 Å². The molecule has 0 radical (unpaired) electrons. The van der Waals surface area contributed by atoms with Gasteiger partial charge in [-0.3, -0.25) is 9.88 Å². The van der Waals surface area contributed by atoms with Crippen LogP contribution in [0.4, 0.5) is 0 Å². The van der Waals surface area contributed by atoms with Crippen LogP contribution in [0.2, 0.25) is 0 Å². The van der Waals surface area contributed by atoms with Gasteiger partial charge in [-0.05, 0) is 42.7 Å². The van der Waals surface area contributed by atoms with Crippen molar-refractivity contribution in [3.05, 3.63) is 59.9 Å². The third kappa shape index (κ3) is 6.09. The van der Waals surface area contributed by atoms with Crippen LogP contribution < -0.4 is 9.46 Å². The molecule has 0 unspecified atom stereocenters. The summed E-state index contributed by atoms with van der Waals surface area (Å²) in [5, 5.41) is 0. The molecular formula is C19H25N3O3S. The van der Waals surface area contributed by atoms with Crippen molar-refractivity contribution in [2.75, 3.05) is 19.3 Å². The minimum absolute atomic E-state index is 0.0589. The largest absolute Gasteiger partial charge is 0.487 e. The molecule has 1 saturated heterocycles. The number of aromatic nitrogens is 1. The van der Waals surface area contributed by atoms with E-state index in [1.165, 1.54) is 11.8 Å². The molecule has 1 aromatic heterocycles. The lowest BCUT2D eigenvalue weighted by Gasteiger charge is -2.31. The second kappa shape index (κ2) is 8.62. The van der Waals surface area contributed by atoms with Gasteiger partial charge in [0.25, 0.3) is 0 Å². The first kappa shape index (κ1) is 18.8. The lowest BCUT2D eigenvalue weighted by Crippen LogP contribution is -2.43. The zero-order chi connectivity index (χ0) is 18.4. The van der Waals surface area contributed by atoms with E-state index in [9.17, 15) is 8.42 Å². The molecule has 6 nitrogen and oxygen atoms in total. The van der Waals surface area contributed by atoms with E-state index in [1.807, 2.05) is 30.3 Å². The number of nitrogens with zero attached hydrogens (tertiary/aromatic N) is 2. The summed E-state index contributed by atoms with van der Waals surface area (Å²) >= 11 is 0. The van der Waals surface area contributed by atoms with Crippen LogP contribution >= 0.6 is 0 Å². The molecule has 0 atom stereocenters. The zero-order valence-electron chi connectivity index (χ0n) is 15.0. The van der Waals surface area contributed by atoms with Gasteiger partial charge in [0.05, 0.1) is 11.9 Å². The molecular weight excluding hydrogens is 350 g/mol. The maximum Gasteiger partial charge on any atom is 0.208 e. The van der Waals surface area contributed by atoms with E-state index < -0.39 is 10.0 Å². The Morgan fingerprint density at radius 3 is 2.50 bits per heavy atom. The SMILES string of the molecule is CS(=O)(=O)NC1CCN(Cc2ccc(OCc3ccccn3)cc2)CC1. The first-order chi connectivity index (χ1) is 12.5.